The Hall–Kier alpha value is -7.27. The number of hydrogen-bond donors (Lipinski definition) is 0. The zero-order valence-electron chi connectivity index (χ0n) is 41.3. The lowest BCUT2D eigenvalue weighted by molar-refractivity contribution is 0.0496. The molecule has 71 heavy (non-hydrogen) atoms. The third kappa shape index (κ3) is 17.0. The predicted molar refractivity (Wildman–Crippen MR) is 275 cm³/mol. The summed E-state index contributed by atoms with van der Waals surface area (Å²) in [4.78, 5) is 64.8. The standard InChI is InChI=1S/C60H66O11/c1-4-6-8-10-12-14-16-18-40-66-50-31-22-46(23-32-50)57(62)69-52-37-28-48(29-38-52)59(64)71-55-39-30-44-20-21-49(42-54(44)43(55)3)60(65)70-53-35-26-47(27-36-53)58(63)68-51-33-24-45(25-34-51)56(61)67-41-19-17-15-13-11-9-7-5-2/h20-39,42H,4-19,40-41H2,1-3H3. The van der Waals surface area contributed by atoms with Gasteiger partial charge in [-0.15, -0.1) is 0 Å². The summed E-state index contributed by atoms with van der Waals surface area (Å²) < 4.78 is 33.7. The lowest BCUT2D eigenvalue weighted by Crippen LogP contribution is -2.11. The molecule has 0 radical (unpaired) electrons. The van der Waals surface area contributed by atoms with E-state index in [1.54, 1.807) is 73.7 Å². The first-order chi connectivity index (χ1) is 34.6. The topological polar surface area (TPSA) is 141 Å². The molecule has 0 aliphatic carbocycles. The monoisotopic (exact) mass is 962 g/mol. The number of ether oxygens (including phenoxy) is 6. The number of fused-ring (bicyclic) bond motifs is 1. The van der Waals surface area contributed by atoms with Crippen molar-refractivity contribution in [3.05, 3.63) is 161 Å². The molecule has 0 heterocycles. The van der Waals surface area contributed by atoms with Crippen molar-refractivity contribution >= 4 is 40.6 Å². The second-order valence-electron chi connectivity index (χ2n) is 17.7. The third-order valence-electron chi connectivity index (χ3n) is 12.2. The van der Waals surface area contributed by atoms with Crippen molar-refractivity contribution in [2.75, 3.05) is 13.2 Å². The molecule has 0 aliphatic rings. The Morgan fingerprint density at radius 3 is 1.17 bits per heavy atom. The highest BCUT2D eigenvalue weighted by Crippen LogP contribution is 2.30. The molecule has 372 valence electrons. The van der Waals surface area contributed by atoms with E-state index in [1.165, 1.54) is 131 Å². The van der Waals surface area contributed by atoms with Gasteiger partial charge in [0.15, 0.2) is 0 Å². The van der Waals surface area contributed by atoms with Gasteiger partial charge in [0, 0.05) is 0 Å². The zero-order valence-corrected chi connectivity index (χ0v) is 41.3. The van der Waals surface area contributed by atoms with Crippen LogP contribution in [0.4, 0.5) is 0 Å². The Morgan fingerprint density at radius 1 is 0.352 bits per heavy atom. The van der Waals surface area contributed by atoms with Crippen LogP contribution in [0.1, 0.15) is 174 Å². The molecule has 6 rings (SSSR count). The summed E-state index contributed by atoms with van der Waals surface area (Å²) in [7, 11) is 0. The van der Waals surface area contributed by atoms with Crippen LogP contribution in [0.2, 0.25) is 0 Å². The first kappa shape index (κ1) is 53.1. The van der Waals surface area contributed by atoms with Gasteiger partial charge in [0.2, 0.25) is 0 Å². The molecule has 11 nitrogen and oxygen atoms in total. The van der Waals surface area contributed by atoms with E-state index in [-0.39, 0.29) is 33.9 Å². The van der Waals surface area contributed by atoms with Crippen LogP contribution >= 0.6 is 0 Å². The molecule has 6 aromatic rings. The third-order valence-corrected chi connectivity index (χ3v) is 12.2. The molecule has 11 heteroatoms. The van der Waals surface area contributed by atoms with E-state index in [9.17, 15) is 24.0 Å². The fourth-order valence-electron chi connectivity index (χ4n) is 7.92. The number of benzene rings is 6. The molecule has 0 N–H and O–H groups in total. The molecular formula is C60H66O11. The SMILES string of the molecule is CCCCCCCCCCOC(=O)c1ccc(OC(=O)c2ccc(OC(=O)c3ccc4ccc(OC(=O)c5ccc(OC(=O)c6ccc(OCCCCCCCCCC)cc6)cc5)c(C)c4c3)cc2)cc1. The van der Waals surface area contributed by atoms with Gasteiger partial charge < -0.3 is 28.4 Å². The Labute approximate surface area is 417 Å². The lowest BCUT2D eigenvalue weighted by Gasteiger charge is -2.12. The number of carbonyl (C=O) groups is 5. The highest BCUT2D eigenvalue weighted by molar-refractivity contribution is 5.99. The van der Waals surface area contributed by atoms with Gasteiger partial charge in [0.25, 0.3) is 0 Å². The highest BCUT2D eigenvalue weighted by atomic mass is 16.6. The molecule has 0 saturated carbocycles. The number of aryl methyl sites for hydroxylation is 1. The minimum absolute atomic E-state index is 0.213. The highest BCUT2D eigenvalue weighted by Gasteiger charge is 2.17. The zero-order chi connectivity index (χ0) is 50.2. The van der Waals surface area contributed by atoms with Gasteiger partial charge in [-0.25, -0.2) is 24.0 Å². The van der Waals surface area contributed by atoms with Gasteiger partial charge in [-0.2, -0.15) is 0 Å². The molecule has 0 fully saturated rings. The number of hydrogen-bond acceptors (Lipinski definition) is 11. The largest absolute Gasteiger partial charge is 0.494 e. The molecule has 0 aliphatic heterocycles. The number of carbonyl (C=O) groups excluding carboxylic acids is 5. The summed E-state index contributed by atoms with van der Waals surface area (Å²) in [6.07, 6.45) is 19.1. The predicted octanol–water partition coefficient (Wildman–Crippen LogP) is 14.8. The maximum Gasteiger partial charge on any atom is 0.343 e. The van der Waals surface area contributed by atoms with Gasteiger partial charge in [-0.1, -0.05) is 116 Å². The summed E-state index contributed by atoms with van der Waals surface area (Å²) in [5, 5.41) is 1.49. The van der Waals surface area contributed by atoms with E-state index in [4.69, 9.17) is 28.4 Å². The number of unbranched alkanes of at least 4 members (excludes halogenated alkanes) is 14. The van der Waals surface area contributed by atoms with Crippen molar-refractivity contribution in [2.24, 2.45) is 0 Å². The number of rotatable bonds is 28. The van der Waals surface area contributed by atoms with Gasteiger partial charge in [-0.05, 0) is 151 Å². The Bertz CT molecular complexity index is 2650. The van der Waals surface area contributed by atoms with Crippen LogP contribution in [0.5, 0.6) is 28.7 Å². The van der Waals surface area contributed by atoms with Crippen LogP contribution in [-0.4, -0.2) is 43.1 Å². The molecule has 6 aromatic carbocycles. The quantitative estimate of drug-likeness (QED) is 0.0263. The van der Waals surface area contributed by atoms with Crippen LogP contribution in [0.15, 0.2) is 127 Å². The second-order valence-corrected chi connectivity index (χ2v) is 17.7. The van der Waals surface area contributed by atoms with Crippen molar-refractivity contribution in [1.29, 1.82) is 0 Å². The van der Waals surface area contributed by atoms with Gasteiger partial charge in [0.1, 0.15) is 28.7 Å². The molecule has 0 saturated heterocycles. The minimum Gasteiger partial charge on any atom is -0.494 e. The molecule has 0 amide bonds. The van der Waals surface area contributed by atoms with Gasteiger partial charge in [-0.3, -0.25) is 0 Å². The molecule has 0 spiro atoms. The first-order valence-corrected chi connectivity index (χ1v) is 25.2. The van der Waals surface area contributed by atoms with Crippen LogP contribution in [0.3, 0.4) is 0 Å². The summed E-state index contributed by atoms with van der Waals surface area (Å²) in [5.41, 5.74) is 2.11. The van der Waals surface area contributed by atoms with E-state index in [0.29, 0.717) is 46.8 Å². The Morgan fingerprint density at radius 2 is 0.704 bits per heavy atom. The van der Waals surface area contributed by atoms with Crippen LogP contribution < -0.4 is 23.7 Å². The van der Waals surface area contributed by atoms with Gasteiger partial charge >= 0.3 is 29.8 Å². The van der Waals surface area contributed by atoms with Crippen molar-refractivity contribution < 1.29 is 52.4 Å². The van der Waals surface area contributed by atoms with Crippen LogP contribution in [0.25, 0.3) is 10.8 Å². The fourth-order valence-corrected chi connectivity index (χ4v) is 7.92. The van der Waals surface area contributed by atoms with Crippen LogP contribution in [-0.2, 0) is 4.74 Å². The summed E-state index contributed by atoms with van der Waals surface area (Å²) in [5.74, 6) is -1.08. The van der Waals surface area contributed by atoms with Crippen molar-refractivity contribution in [3.8, 4) is 28.7 Å². The van der Waals surface area contributed by atoms with E-state index >= 15 is 0 Å². The average molecular weight is 963 g/mol. The molecule has 0 unspecified atom stereocenters. The van der Waals surface area contributed by atoms with E-state index < -0.39 is 29.8 Å². The summed E-state index contributed by atoms with van der Waals surface area (Å²) >= 11 is 0. The van der Waals surface area contributed by atoms with Gasteiger partial charge in [0.05, 0.1) is 41.0 Å². The Kier molecular flexibility index (Phi) is 21.2. The van der Waals surface area contributed by atoms with E-state index in [0.717, 1.165) is 37.5 Å². The maximum absolute atomic E-state index is 13.3. The first-order valence-electron chi connectivity index (χ1n) is 25.2. The summed E-state index contributed by atoms with van der Waals surface area (Å²) in [6, 6.07) is 33.7. The van der Waals surface area contributed by atoms with Crippen LogP contribution in [0, 0.1) is 6.92 Å². The molecule has 0 aromatic heterocycles. The smallest absolute Gasteiger partial charge is 0.343 e. The average Bonchev–Trinajstić information content (AvgIpc) is 3.39. The lowest BCUT2D eigenvalue weighted by atomic mass is 10.0. The Balaban J connectivity index is 0.938. The van der Waals surface area contributed by atoms with E-state index in [1.807, 2.05) is 0 Å². The fraction of sp³-hybridized carbons (Fsp3) is 0.350. The second kappa shape index (κ2) is 28.4. The normalized spacial score (nSPS) is 10.9. The molecular weight excluding hydrogens is 897 g/mol. The van der Waals surface area contributed by atoms with E-state index in [2.05, 4.69) is 13.8 Å². The maximum atomic E-state index is 13.3. The number of esters is 5. The molecule has 0 bridgehead atoms. The van der Waals surface area contributed by atoms with Crippen molar-refractivity contribution in [3.63, 3.8) is 0 Å². The summed E-state index contributed by atoms with van der Waals surface area (Å²) in [6.45, 7) is 7.22. The molecule has 0 atom stereocenters. The van der Waals surface area contributed by atoms with Crippen molar-refractivity contribution in [2.45, 2.75) is 124 Å². The minimum atomic E-state index is -0.628. The van der Waals surface area contributed by atoms with Crippen molar-refractivity contribution in [1.82, 2.24) is 0 Å².